The molecule has 0 saturated carbocycles. The fraction of sp³-hybridized carbons (Fsp3) is 0.207. The average Bonchev–Trinajstić information content (AvgIpc) is 3.03. The second-order valence-corrected chi connectivity index (χ2v) is 8.94. The first-order chi connectivity index (χ1) is 17.8. The van der Waals surface area contributed by atoms with Crippen molar-refractivity contribution in [3.8, 4) is 0 Å². The lowest BCUT2D eigenvalue weighted by molar-refractivity contribution is -0.131. The smallest absolute Gasteiger partial charge is 0.243 e. The molecule has 0 radical (unpaired) electrons. The van der Waals surface area contributed by atoms with E-state index in [4.69, 9.17) is 0 Å². The quantitative estimate of drug-likeness (QED) is 0.461. The molecule has 0 aliphatic carbocycles. The highest BCUT2D eigenvalue weighted by molar-refractivity contribution is 5.94. The summed E-state index contributed by atoms with van der Waals surface area (Å²) in [6.07, 6.45) is 1.68. The molecule has 1 aliphatic heterocycles. The van der Waals surface area contributed by atoms with Crippen molar-refractivity contribution in [1.29, 1.82) is 0 Å². The summed E-state index contributed by atoms with van der Waals surface area (Å²) in [5.41, 5.74) is 2.88. The molecule has 8 heteroatoms. The Morgan fingerprint density at radius 2 is 1.59 bits per heavy atom. The molecule has 3 amide bonds. The van der Waals surface area contributed by atoms with Crippen molar-refractivity contribution in [2.45, 2.75) is 31.3 Å². The number of nitrogens with one attached hydrogen (secondary N) is 3. The zero-order valence-electron chi connectivity index (χ0n) is 20.2. The lowest BCUT2D eigenvalue weighted by Crippen LogP contribution is -2.54. The number of benzene rings is 3. The molecule has 0 unspecified atom stereocenters. The van der Waals surface area contributed by atoms with E-state index in [1.165, 1.54) is 6.92 Å². The van der Waals surface area contributed by atoms with Crippen molar-refractivity contribution in [2.75, 3.05) is 6.54 Å². The van der Waals surface area contributed by atoms with Crippen LogP contribution in [0.5, 0.6) is 0 Å². The van der Waals surface area contributed by atoms with Gasteiger partial charge in [-0.05, 0) is 41.3 Å². The number of carbonyl (C=O) groups is 3. The van der Waals surface area contributed by atoms with E-state index in [0.29, 0.717) is 6.54 Å². The van der Waals surface area contributed by atoms with Crippen molar-refractivity contribution in [2.24, 2.45) is 0 Å². The Labute approximate surface area is 213 Å². The van der Waals surface area contributed by atoms with Gasteiger partial charge in [-0.3, -0.25) is 14.4 Å². The van der Waals surface area contributed by atoms with E-state index >= 15 is 0 Å². The van der Waals surface area contributed by atoms with Crippen LogP contribution < -0.4 is 16.0 Å². The summed E-state index contributed by atoms with van der Waals surface area (Å²) >= 11 is 0. The maximum atomic E-state index is 13.4. The molecule has 190 valence electrons. The minimum atomic E-state index is -0.990. The van der Waals surface area contributed by atoms with Gasteiger partial charge in [-0.15, -0.1) is 0 Å². The van der Waals surface area contributed by atoms with Gasteiger partial charge >= 0.3 is 0 Å². The lowest BCUT2D eigenvalue weighted by atomic mass is 9.88. The van der Waals surface area contributed by atoms with Gasteiger partial charge in [-0.1, -0.05) is 66.7 Å². The third kappa shape index (κ3) is 6.67. The molecule has 3 N–H and O–H groups in total. The Balaban J connectivity index is 1.51. The minimum Gasteiger partial charge on any atom is -0.350 e. The van der Waals surface area contributed by atoms with Gasteiger partial charge in [0.15, 0.2) is 0 Å². The molecular weight excluding hydrogens is 476 g/mol. The molecule has 37 heavy (non-hydrogen) atoms. The van der Waals surface area contributed by atoms with Crippen LogP contribution in [0.4, 0.5) is 8.78 Å². The van der Waals surface area contributed by atoms with Gasteiger partial charge in [0.1, 0.15) is 23.7 Å². The maximum absolute atomic E-state index is 13.4. The van der Waals surface area contributed by atoms with E-state index in [-0.39, 0.29) is 17.9 Å². The zero-order valence-corrected chi connectivity index (χ0v) is 20.2. The molecule has 1 heterocycles. The first kappa shape index (κ1) is 25.8. The zero-order chi connectivity index (χ0) is 26.4. The van der Waals surface area contributed by atoms with Gasteiger partial charge < -0.3 is 16.0 Å². The van der Waals surface area contributed by atoms with E-state index < -0.39 is 41.5 Å². The van der Waals surface area contributed by atoms with Crippen molar-refractivity contribution in [3.05, 3.63) is 113 Å². The topological polar surface area (TPSA) is 87.3 Å². The van der Waals surface area contributed by atoms with Gasteiger partial charge in [0, 0.05) is 18.5 Å². The molecule has 6 nitrogen and oxygen atoms in total. The monoisotopic (exact) mass is 503 g/mol. The normalized spacial score (nSPS) is 18.1. The van der Waals surface area contributed by atoms with Crippen LogP contribution in [0, 0.1) is 11.6 Å². The maximum Gasteiger partial charge on any atom is 0.243 e. The van der Waals surface area contributed by atoms with Gasteiger partial charge in [0.05, 0.1) is 6.42 Å². The van der Waals surface area contributed by atoms with Gasteiger partial charge in [0.2, 0.25) is 17.7 Å². The summed E-state index contributed by atoms with van der Waals surface area (Å²) in [6, 6.07) is 20.0. The van der Waals surface area contributed by atoms with Crippen LogP contribution in [0.2, 0.25) is 0 Å². The number of hydrogen-bond acceptors (Lipinski definition) is 3. The van der Waals surface area contributed by atoms with E-state index in [9.17, 15) is 23.2 Å². The number of carbonyl (C=O) groups excluding carboxylic acids is 3. The van der Waals surface area contributed by atoms with Crippen LogP contribution in [0.15, 0.2) is 84.9 Å². The van der Waals surface area contributed by atoms with Crippen LogP contribution in [0.3, 0.4) is 0 Å². The van der Waals surface area contributed by atoms with E-state index in [1.807, 2.05) is 66.7 Å². The Bertz CT molecular complexity index is 1290. The van der Waals surface area contributed by atoms with Crippen molar-refractivity contribution >= 4 is 23.3 Å². The number of halogens is 2. The van der Waals surface area contributed by atoms with E-state index in [2.05, 4.69) is 16.0 Å². The summed E-state index contributed by atoms with van der Waals surface area (Å²) in [5, 5.41) is 8.21. The highest BCUT2D eigenvalue weighted by Crippen LogP contribution is 2.28. The predicted octanol–water partition coefficient (Wildman–Crippen LogP) is 3.49. The fourth-order valence-electron chi connectivity index (χ4n) is 4.33. The molecule has 0 aromatic heterocycles. The summed E-state index contributed by atoms with van der Waals surface area (Å²) in [4.78, 5) is 38.6. The van der Waals surface area contributed by atoms with Crippen molar-refractivity contribution in [1.82, 2.24) is 16.0 Å². The first-order valence-corrected chi connectivity index (χ1v) is 11.9. The van der Waals surface area contributed by atoms with Crippen LogP contribution in [-0.4, -0.2) is 36.3 Å². The van der Waals surface area contributed by atoms with Gasteiger partial charge in [-0.2, -0.15) is 0 Å². The summed E-state index contributed by atoms with van der Waals surface area (Å²) in [6.45, 7) is 1.78. The Morgan fingerprint density at radius 1 is 0.973 bits per heavy atom. The second kappa shape index (κ2) is 11.6. The van der Waals surface area contributed by atoms with Crippen molar-refractivity contribution < 1.29 is 23.2 Å². The van der Waals surface area contributed by atoms with Crippen LogP contribution in [0.25, 0.3) is 5.57 Å². The highest BCUT2D eigenvalue weighted by atomic mass is 19.1. The summed E-state index contributed by atoms with van der Waals surface area (Å²) in [7, 11) is 0. The van der Waals surface area contributed by atoms with Crippen LogP contribution in [0.1, 0.15) is 29.5 Å². The summed E-state index contributed by atoms with van der Waals surface area (Å²) < 4.78 is 26.9. The Morgan fingerprint density at radius 3 is 2.24 bits per heavy atom. The third-order valence-corrected chi connectivity index (χ3v) is 6.16. The predicted molar refractivity (Wildman–Crippen MR) is 136 cm³/mol. The molecule has 4 rings (SSSR count). The van der Waals surface area contributed by atoms with Crippen LogP contribution in [-0.2, 0) is 20.8 Å². The van der Waals surface area contributed by atoms with E-state index in [1.54, 1.807) is 0 Å². The highest BCUT2D eigenvalue weighted by Gasteiger charge is 2.33. The number of amides is 3. The average molecular weight is 504 g/mol. The SMILES string of the molecule is C[C@H](NC(=O)Cc1cc(F)cc(F)c1)C(=O)N[C@@H]1C(=O)NCC(c2ccccc2)=C[C@@H]1c1ccccc1. The van der Waals surface area contributed by atoms with E-state index in [0.717, 1.165) is 34.9 Å². The molecular formula is C29H27F2N3O3. The number of rotatable bonds is 7. The van der Waals surface area contributed by atoms with Gasteiger partial charge in [-0.25, -0.2) is 8.78 Å². The lowest BCUT2D eigenvalue weighted by Gasteiger charge is -2.25. The molecule has 0 saturated heterocycles. The molecule has 0 fully saturated rings. The summed E-state index contributed by atoms with van der Waals surface area (Å²) in [5.74, 6) is -3.52. The molecule has 3 aromatic carbocycles. The fourth-order valence-corrected chi connectivity index (χ4v) is 4.33. The minimum absolute atomic E-state index is 0.147. The molecule has 3 atom stereocenters. The van der Waals surface area contributed by atoms with Crippen LogP contribution >= 0.6 is 0 Å². The number of hydrogen-bond donors (Lipinski definition) is 3. The Kier molecular flexibility index (Phi) is 8.08. The molecule has 0 bridgehead atoms. The molecule has 0 spiro atoms. The molecule has 1 aliphatic rings. The van der Waals surface area contributed by atoms with Gasteiger partial charge in [0.25, 0.3) is 0 Å². The second-order valence-electron chi connectivity index (χ2n) is 8.94. The Hall–Kier alpha value is -4.33. The largest absolute Gasteiger partial charge is 0.350 e. The van der Waals surface area contributed by atoms with Crippen molar-refractivity contribution in [3.63, 3.8) is 0 Å². The first-order valence-electron chi connectivity index (χ1n) is 11.9. The third-order valence-electron chi connectivity index (χ3n) is 6.16. The standard InChI is InChI=1S/C29H27F2N3O3/c1-18(33-26(35)14-19-12-23(30)16-24(31)13-19)28(36)34-27-25(21-10-6-3-7-11-21)15-22(17-32-29(27)37)20-8-4-2-5-9-20/h2-13,15-16,18,25,27H,14,17H2,1H3,(H,32,37)(H,33,35)(H,34,36)/t18-,25+,27-/m0/s1. The molecule has 3 aromatic rings.